The van der Waals surface area contributed by atoms with E-state index in [1.165, 1.54) is 0 Å². The number of hydrogen-bond donors (Lipinski definition) is 2. The molecule has 7 nitrogen and oxygen atoms in total. The Kier molecular flexibility index (Phi) is 8.24. The van der Waals surface area contributed by atoms with Gasteiger partial charge in [-0.3, -0.25) is 9.59 Å². The molecule has 0 unspecified atom stereocenters. The number of carbonyl (C=O) groups is 2. The van der Waals surface area contributed by atoms with Gasteiger partial charge in [0, 0.05) is 36.6 Å². The second kappa shape index (κ2) is 10.9. The predicted octanol–water partition coefficient (Wildman–Crippen LogP) is 3.04. The number of nitrogens with one attached hydrogen (secondary N) is 2. The number of aromatic nitrogens is 1. The van der Waals surface area contributed by atoms with E-state index >= 15 is 0 Å². The van der Waals surface area contributed by atoms with Gasteiger partial charge in [-0.2, -0.15) is 5.26 Å². The molecule has 0 atom stereocenters. The Morgan fingerprint density at radius 2 is 1.87 bits per heavy atom. The molecule has 30 heavy (non-hydrogen) atoms. The highest BCUT2D eigenvalue weighted by molar-refractivity contribution is 6.02. The van der Waals surface area contributed by atoms with Crippen molar-refractivity contribution in [2.24, 2.45) is 0 Å². The minimum Gasteiger partial charge on any atom is -0.497 e. The van der Waals surface area contributed by atoms with Crippen LogP contribution in [0.3, 0.4) is 0 Å². The maximum absolute atomic E-state index is 12.4. The molecule has 2 rings (SSSR count). The van der Waals surface area contributed by atoms with Crippen LogP contribution in [-0.4, -0.2) is 36.6 Å². The molecule has 0 saturated heterocycles. The molecule has 0 aliphatic heterocycles. The van der Waals surface area contributed by atoms with Crippen molar-refractivity contribution in [2.45, 2.75) is 33.6 Å². The van der Waals surface area contributed by atoms with Crippen LogP contribution in [0.1, 0.15) is 36.7 Å². The first-order valence-corrected chi connectivity index (χ1v) is 9.91. The number of carbonyl (C=O) groups excluding carboxylic acids is 2. The fraction of sp³-hybridized carbons (Fsp3) is 0.348. The van der Waals surface area contributed by atoms with Crippen LogP contribution >= 0.6 is 0 Å². The Bertz CT molecular complexity index is 966. The Morgan fingerprint density at radius 1 is 1.17 bits per heavy atom. The van der Waals surface area contributed by atoms with Gasteiger partial charge in [-0.1, -0.05) is 6.92 Å². The minimum absolute atomic E-state index is 0.000975. The summed E-state index contributed by atoms with van der Waals surface area (Å²) in [5.41, 5.74) is 3.65. The molecule has 2 aromatic rings. The van der Waals surface area contributed by atoms with Gasteiger partial charge in [0.25, 0.3) is 5.91 Å². The quantitative estimate of drug-likeness (QED) is 0.492. The van der Waals surface area contributed by atoms with E-state index in [1.54, 1.807) is 13.2 Å². The van der Waals surface area contributed by atoms with E-state index in [4.69, 9.17) is 4.74 Å². The van der Waals surface area contributed by atoms with Crippen molar-refractivity contribution in [3.63, 3.8) is 0 Å². The second-order valence-electron chi connectivity index (χ2n) is 6.89. The summed E-state index contributed by atoms with van der Waals surface area (Å²) in [7, 11) is 1.62. The first-order valence-electron chi connectivity index (χ1n) is 9.91. The largest absolute Gasteiger partial charge is 0.497 e. The van der Waals surface area contributed by atoms with Crippen LogP contribution < -0.4 is 15.4 Å². The van der Waals surface area contributed by atoms with Crippen molar-refractivity contribution in [1.82, 2.24) is 15.2 Å². The lowest BCUT2D eigenvalue weighted by molar-refractivity contribution is -0.121. The maximum Gasteiger partial charge on any atom is 0.261 e. The number of amides is 2. The summed E-state index contributed by atoms with van der Waals surface area (Å²) < 4.78 is 7.26. The van der Waals surface area contributed by atoms with Gasteiger partial charge < -0.3 is 19.9 Å². The molecule has 0 fully saturated rings. The van der Waals surface area contributed by atoms with Crippen LogP contribution in [0.2, 0.25) is 0 Å². The third kappa shape index (κ3) is 5.74. The lowest BCUT2D eigenvalue weighted by Gasteiger charge is -2.10. The van der Waals surface area contributed by atoms with Gasteiger partial charge in [0.05, 0.1) is 7.11 Å². The zero-order valence-corrected chi connectivity index (χ0v) is 17.9. The van der Waals surface area contributed by atoms with Crippen LogP contribution in [0.5, 0.6) is 5.75 Å². The maximum atomic E-state index is 12.4. The van der Waals surface area contributed by atoms with E-state index in [9.17, 15) is 14.9 Å². The number of nitriles is 1. The standard InChI is InChI=1S/C23H28N4O3/c1-5-11-25-22(28)10-12-26-23(29)19(15-24)14-18-13-16(2)27(17(18)3)20-6-8-21(30-4)9-7-20/h6-9,13-14H,5,10-12H2,1-4H3,(H,25,28)(H,26,29)/b19-14-. The summed E-state index contributed by atoms with van der Waals surface area (Å²) in [5, 5.41) is 14.8. The fourth-order valence-corrected chi connectivity index (χ4v) is 3.10. The lowest BCUT2D eigenvalue weighted by Crippen LogP contribution is -2.31. The first-order chi connectivity index (χ1) is 14.4. The van der Waals surface area contributed by atoms with Gasteiger partial charge in [-0.25, -0.2) is 0 Å². The molecule has 1 aromatic heterocycles. The van der Waals surface area contributed by atoms with Gasteiger partial charge in [0.1, 0.15) is 17.4 Å². The number of hydrogen-bond acceptors (Lipinski definition) is 4. The molecule has 0 saturated carbocycles. The molecular formula is C23H28N4O3. The van der Waals surface area contributed by atoms with Crippen molar-refractivity contribution < 1.29 is 14.3 Å². The van der Waals surface area contributed by atoms with Crippen molar-refractivity contribution in [1.29, 1.82) is 5.26 Å². The number of methoxy groups -OCH3 is 1. The molecule has 0 aliphatic carbocycles. The molecule has 0 spiro atoms. The van der Waals surface area contributed by atoms with Gasteiger partial charge >= 0.3 is 0 Å². The van der Waals surface area contributed by atoms with Crippen LogP contribution in [-0.2, 0) is 9.59 Å². The number of nitrogens with zero attached hydrogens (tertiary/aromatic N) is 2. The molecule has 2 N–H and O–H groups in total. The summed E-state index contributed by atoms with van der Waals surface area (Å²) in [6.07, 6.45) is 2.61. The minimum atomic E-state index is -0.491. The first kappa shape index (κ1) is 22.8. The van der Waals surface area contributed by atoms with E-state index in [1.807, 2.05) is 57.2 Å². The van der Waals surface area contributed by atoms with E-state index in [0.717, 1.165) is 34.8 Å². The number of benzene rings is 1. The van der Waals surface area contributed by atoms with Gasteiger partial charge in [-0.05, 0) is 62.2 Å². The van der Waals surface area contributed by atoms with Crippen LogP contribution in [0.4, 0.5) is 0 Å². The number of rotatable bonds is 9. The van der Waals surface area contributed by atoms with Crippen molar-refractivity contribution in [3.8, 4) is 17.5 Å². The molecule has 0 bridgehead atoms. The van der Waals surface area contributed by atoms with Crippen LogP contribution in [0.15, 0.2) is 35.9 Å². The molecular weight excluding hydrogens is 380 g/mol. The highest BCUT2D eigenvalue weighted by Crippen LogP contribution is 2.24. The fourth-order valence-electron chi connectivity index (χ4n) is 3.10. The summed E-state index contributed by atoms with van der Waals surface area (Å²) in [6.45, 7) is 6.67. The van der Waals surface area contributed by atoms with Gasteiger partial charge in [-0.15, -0.1) is 0 Å². The molecule has 0 aliphatic rings. The Hall–Kier alpha value is -3.53. The molecule has 1 aromatic carbocycles. The predicted molar refractivity (Wildman–Crippen MR) is 116 cm³/mol. The Balaban J connectivity index is 2.14. The van der Waals surface area contributed by atoms with E-state index in [-0.39, 0.29) is 24.4 Å². The smallest absolute Gasteiger partial charge is 0.261 e. The lowest BCUT2D eigenvalue weighted by atomic mass is 10.1. The van der Waals surface area contributed by atoms with Crippen molar-refractivity contribution in [3.05, 3.63) is 52.9 Å². The molecule has 7 heteroatoms. The van der Waals surface area contributed by atoms with Crippen molar-refractivity contribution >= 4 is 17.9 Å². The van der Waals surface area contributed by atoms with Gasteiger partial charge in [0.2, 0.25) is 5.91 Å². The molecule has 158 valence electrons. The Labute approximate surface area is 177 Å². The monoisotopic (exact) mass is 408 g/mol. The zero-order valence-electron chi connectivity index (χ0n) is 17.9. The van der Waals surface area contributed by atoms with E-state index in [2.05, 4.69) is 15.2 Å². The SMILES string of the molecule is CCCNC(=O)CCNC(=O)/C(C#N)=C\c1cc(C)n(-c2ccc(OC)cc2)c1C. The second-order valence-corrected chi connectivity index (χ2v) is 6.89. The zero-order chi connectivity index (χ0) is 22.1. The molecule has 0 radical (unpaired) electrons. The number of aryl methyl sites for hydroxylation is 1. The average Bonchev–Trinajstić information content (AvgIpc) is 3.03. The molecule has 1 heterocycles. The third-order valence-electron chi connectivity index (χ3n) is 4.68. The average molecular weight is 409 g/mol. The molecule has 2 amide bonds. The van der Waals surface area contributed by atoms with Crippen LogP contribution in [0.25, 0.3) is 11.8 Å². The van der Waals surface area contributed by atoms with E-state index < -0.39 is 5.91 Å². The number of ether oxygens (including phenoxy) is 1. The van der Waals surface area contributed by atoms with Gasteiger partial charge in [0.15, 0.2) is 0 Å². The Morgan fingerprint density at radius 3 is 2.47 bits per heavy atom. The van der Waals surface area contributed by atoms with Crippen molar-refractivity contribution in [2.75, 3.05) is 20.2 Å². The van der Waals surface area contributed by atoms with Crippen LogP contribution in [0, 0.1) is 25.2 Å². The summed E-state index contributed by atoms with van der Waals surface area (Å²) >= 11 is 0. The summed E-state index contributed by atoms with van der Waals surface area (Å²) in [4.78, 5) is 24.0. The summed E-state index contributed by atoms with van der Waals surface area (Å²) in [6, 6.07) is 11.6. The summed E-state index contributed by atoms with van der Waals surface area (Å²) in [5.74, 6) is 0.158. The van der Waals surface area contributed by atoms with E-state index in [0.29, 0.717) is 6.54 Å². The highest BCUT2D eigenvalue weighted by atomic mass is 16.5. The third-order valence-corrected chi connectivity index (χ3v) is 4.68. The highest BCUT2D eigenvalue weighted by Gasteiger charge is 2.14. The topological polar surface area (TPSA) is 96.2 Å². The normalized spacial score (nSPS) is 11.0.